The third-order valence-electron chi connectivity index (χ3n) is 2.11. The van der Waals surface area contributed by atoms with Gasteiger partial charge in [-0.05, 0) is 11.8 Å². The Hall–Kier alpha value is -0.0800. The maximum atomic E-state index is 8.68. The number of nitrogens with two attached hydrogens (primary N) is 1. The van der Waals surface area contributed by atoms with E-state index in [0.29, 0.717) is 0 Å². The van der Waals surface area contributed by atoms with Gasteiger partial charge < -0.3 is 10.8 Å². The van der Waals surface area contributed by atoms with Crippen LogP contribution < -0.4 is 5.73 Å². The molecule has 0 bridgehead atoms. The molecule has 1 atom stereocenters. The Bertz CT molecular complexity index is 81.0. The highest BCUT2D eigenvalue weighted by Gasteiger charge is 2.22. The van der Waals surface area contributed by atoms with E-state index >= 15 is 0 Å². The largest absolute Gasteiger partial charge is 0.395 e. The lowest BCUT2D eigenvalue weighted by atomic mass is 9.83. The van der Waals surface area contributed by atoms with Crippen molar-refractivity contribution < 1.29 is 5.11 Å². The molecule has 0 rings (SSSR count). The molecular formula is C7H17NO. The lowest BCUT2D eigenvalue weighted by Crippen LogP contribution is -2.39. The van der Waals surface area contributed by atoms with Gasteiger partial charge in [0.2, 0.25) is 0 Å². The van der Waals surface area contributed by atoms with E-state index < -0.39 is 0 Å². The van der Waals surface area contributed by atoms with Crippen molar-refractivity contribution in [2.24, 2.45) is 11.1 Å². The Morgan fingerprint density at radius 1 is 1.56 bits per heavy atom. The molecule has 0 spiro atoms. The predicted molar refractivity (Wildman–Crippen MR) is 39.1 cm³/mol. The number of rotatable bonds is 3. The Kier molecular flexibility index (Phi) is 3.15. The maximum absolute atomic E-state index is 8.68. The van der Waals surface area contributed by atoms with E-state index in [0.717, 1.165) is 6.42 Å². The molecule has 0 aromatic carbocycles. The molecule has 0 aliphatic rings. The zero-order valence-corrected chi connectivity index (χ0v) is 6.52. The highest BCUT2D eigenvalue weighted by Crippen LogP contribution is 2.22. The number of hydrogen-bond acceptors (Lipinski definition) is 2. The monoisotopic (exact) mass is 131 g/mol. The first-order valence-electron chi connectivity index (χ1n) is 3.41. The van der Waals surface area contributed by atoms with Gasteiger partial charge in [-0.25, -0.2) is 0 Å². The average Bonchev–Trinajstić information content (AvgIpc) is 1.86. The van der Waals surface area contributed by atoms with Crippen LogP contribution in [0.15, 0.2) is 0 Å². The number of aliphatic hydroxyl groups is 1. The van der Waals surface area contributed by atoms with Gasteiger partial charge in [0, 0.05) is 6.04 Å². The first-order chi connectivity index (χ1) is 4.04. The molecule has 1 unspecified atom stereocenters. The fourth-order valence-corrected chi connectivity index (χ4v) is 0.509. The van der Waals surface area contributed by atoms with Crippen LogP contribution >= 0.6 is 0 Å². The summed E-state index contributed by atoms with van der Waals surface area (Å²) in [6.07, 6.45) is 1.01. The minimum atomic E-state index is -0.0810. The average molecular weight is 131 g/mol. The van der Waals surface area contributed by atoms with Crippen LogP contribution in [0.2, 0.25) is 0 Å². The molecule has 2 nitrogen and oxygen atoms in total. The summed E-state index contributed by atoms with van der Waals surface area (Å²) in [6.45, 7) is 6.29. The molecule has 56 valence electrons. The topological polar surface area (TPSA) is 46.2 Å². The van der Waals surface area contributed by atoms with Crippen molar-refractivity contribution >= 4 is 0 Å². The molecule has 0 aliphatic carbocycles. The Morgan fingerprint density at radius 3 is 2.11 bits per heavy atom. The zero-order chi connectivity index (χ0) is 7.49. The van der Waals surface area contributed by atoms with Gasteiger partial charge >= 0.3 is 0 Å². The van der Waals surface area contributed by atoms with E-state index in [2.05, 4.69) is 20.8 Å². The van der Waals surface area contributed by atoms with Gasteiger partial charge in [-0.1, -0.05) is 20.8 Å². The van der Waals surface area contributed by atoms with Gasteiger partial charge in [0.1, 0.15) is 0 Å². The second kappa shape index (κ2) is 3.18. The molecule has 0 aliphatic heterocycles. The third-order valence-corrected chi connectivity index (χ3v) is 2.11. The van der Waals surface area contributed by atoms with E-state index in [4.69, 9.17) is 10.8 Å². The van der Waals surface area contributed by atoms with Crippen molar-refractivity contribution in [3.63, 3.8) is 0 Å². The first kappa shape index (κ1) is 8.92. The van der Waals surface area contributed by atoms with Crippen LogP contribution in [0.3, 0.4) is 0 Å². The van der Waals surface area contributed by atoms with Crippen molar-refractivity contribution in [3.05, 3.63) is 0 Å². The fourth-order valence-electron chi connectivity index (χ4n) is 0.509. The van der Waals surface area contributed by atoms with E-state index in [-0.39, 0.29) is 18.1 Å². The number of aliphatic hydroxyl groups excluding tert-OH is 1. The van der Waals surface area contributed by atoms with E-state index in [1.807, 2.05) is 0 Å². The Morgan fingerprint density at radius 2 is 2.00 bits per heavy atom. The van der Waals surface area contributed by atoms with Crippen LogP contribution in [0.25, 0.3) is 0 Å². The molecule has 0 aromatic rings. The van der Waals surface area contributed by atoms with E-state index in [1.54, 1.807) is 0 Å². The summed E-state index contributed by atoms with van der Waals surface area (Å²) in [5, 5.41) is 8.68. The molecular weight excluding hydrogens is 114 g/mol. The SMILES string of the molecule is CCC(C)(C)C(N)CO. The molecule has 0 saturated carbocycles. The van der Waals surface area contributed by atoms with Gasteiger partial charge in [-0.2, -0.15) is 0 Å². The van der Waals surface area contributed by atoms with Crippen LogP contribution in [-0.2, 0) is 0 Å². The summed E-state index contributed by atoms with van der Waals surface area (Å²) in [5.74, 6) is 0. The van der Waals surface area contributed by atoms with Gasteiger partial charge in [0.15, 0.2) is 0 Å². The minimum Gasteiger partial charge on any atom is -0.395 e. The quantitative estimate of drug-likeness (QED) is 0.593. The summed E-state index contributed by atoms with van der Waals surface area (Å²) in [6, 6.07) is -0.0810. The fraction of sp³-hybridized carbons (Fsp3) is 1.00. The molecule has 0 aromatic heterocycles. The zero-order valence-electron chi connectivity index (χ0n) is 6.52. The summed E-state index contributed by atoms with van der Waals surface area (Å²) in [5.41, 5.74) is 5.69. The van der Waals surface area contributed by atoms with Crippen molar-refractivity contribution in [1.29, 1.82) is 0 Å². The Balaban J connectivity index is 3.80. The highest BCUT2D eigenvalue weighted by molar-refractivity contribution is 4.78. The smallest absolute Gasteiger partial charge is 0.0587 e. The first-order valence-corrected chi connectivity index (χ1v) is 3.41. The maximum Gasteiger partial charge on any atom is 0.0587 e. The van der Waals surface area contributed by atoms with Crippen LogP contribution in [0.4, 0.5) is 0 Å². The van der Waals surface area contributed by atoms with Gasteiger partial charge in [-0.15, -0.1) is 0 Å². The van der Waals surface area contributed by atoms with Crippen LogP contribution in [0.5, 0.6) is 0 Å². The van der Waals surface area contributed by atoms with Gasteiger partial charge in [0.05, 0.1) is 6.61 Å². The highest BCUT2D eigenvalue weighted by atomic mass is 16.3. The minimum absolute atomic E-state index is 0.0781. The summed E-state index contributed by atoms with van der Waals surface area (Å²) < 4.78 is 0. The summed E-state index contributed by atoms with van der Waals surface area (Å²) in [4.78, 5) is 0. The third kappa shape index (κ3) is 2.33. The molecule has 3 N–H and O–H groups in total. The van der Waals surface area contributed by atoms with Crippen molar-refractivity contribution in [3.8, 4) is 0 Å². The molecule has 2 heteroatoms. The molecule has 9 heavy (non-hydrogen) atoms. The van der Waals surface area contributed by atoms with Crippen molar-refractivity contribution in [2.45, 2.75) is 33.2 Å². The normalized spacial score (nSPS) is 15.7. The van der Waals surface area contributed by atoms with E-state index in [9.17, 15) is 0 Å². The second-order valence-corrected chi connectivity index (χ2v) is 3.13. The lowest BCUT2D eigenvalue weighted by molar-refractivity contribution is 0.171. The lowest BCUT2D eigenvalue weighted by Gasteiger charge is -2.28. The second-order valence-electron chi connectivity index (χ2n) is 3.13. The Labute approximate surface area is 57.1 Å². The van der Waals surface area contributed by atoms with E-state index in [1.165, 1.54) is 0 Å². The summed E-state index contributed by atoms with van der Waals surface area (Å²) in [7, 11) is 0. The number of hydrogen-bond donors (Lipinski definition) is 2. The van der Waals surface area contributed by atoms with Crippen molar-refractivity contribution in [2.75, 3.05) is 6.61 Å². The molecule has 0 radical (unpaired) electrons. The van der Waals surface area contributed by atoms with Crippen LogP contribution in [0, 0.1) is 5.41 Å². The predicted octanol–water partition coefficient (Wildman–Crippen LogP) is 0.742. The molecule has 0 saturated heterocycles. The standard InChI is InChI=1S/C7H17NO/c1-4-7(2,3)6(8)5-9/h6,9H,4-5,8H2,1-3H3. The van der Waals surface area contributed by atoms with Crippen molar-refractivity contribution in [1.82, 2.24) is 0 Å². The summed E-state index contributed by atoms with van der Waals surface area (Å²) >= 11 is 0. The van der Waals surface area contributed by atoms with Crippen LogP contribution in [-0.4, -0.2) is 17.8 Å². The molecule has 0 amide bonds. The van der Waals surface area contributed by atoms with Crippen LogP contribution in [0.1, 0.15) is 27.2 Å². The molecule has 0 heterocycles. The molecule has 0 fully saturated rings. The van der Waals surface area contributed by atoms with Gasteiger partial charge in [-0.3, -0.25) is 0 Å². The van der Waals surface area contributed by atoms with Gasteiger partial charge in [0.25, 0.3) is 0 Å².